The van der Waals surface area contributed by atoms with E-state index in [1.165, 1.54) is 6.26 Å². The van der Waals surface area contributed by atoms with Crippen molar-refractivity contribution in [3.63, 3.8) is 0 Å². The van der Waals surface area contributed by atoms with Crippen LogP contribution in [0.5, 0.6) is 5.88 Å². The van der Waals surface area contributed by atoms with Gasteiger partial charge in [-0.3, -0.25) is 0 Å². The topological polar surface area (TPSA) is 59.5 Å². The summed E-state index contributed by atoms with van der Waals surface area (Å²) >= 11 is 0. The molecule has 1 aliphatic rings. The molecule has 2 aromatic rings. The Kier molecular flexibility index (Phi) is 4.76. The highest BCUT2D eigenvalue weighted by Gasteiger charge is 2.24. The van der Waals surface area contributed by atoms with Crippen LogP contribution in [0.15, 0.2) is 47.5 Å². The van der Waals surface area contributed by atoms with E-state index in [0.29, 0.717) is 10.8 Å². The standard InChI is InChI=1S/C18H22N2O3S/c1-14-6-5-11-19-18(14)23-15-9-12-20(13-10-15)16-7-3-4-8-17(16)24(2,21)22/h3-8,11,15H,9-10,12-13H2,1-2H3. The summed E-state index contributed by atoms with van der Waals surface area (Å²) < 4.78 is 30.0. The number of para-hydroxylation sites is 1. The second kappa shape index (κ2) is 6.81. The minimum atomic E-state index is -3.23. The van der Waals surface area contributed by atoms with Crippen LogP contribution in [0.25, 0.3) is 0 Å². The summed E-state index contributed by atoms with van der Waals surface area (Å²) in [6, 6.07) is 11.1. The molecule has 6 heteroatoms. The van der Waals surface area contributed by atoms with E-state index in [1.54, 1.807) is 18.3 Å². The van der Waals surface area contributed by atoms with Crippen molar-refractivity contribution in [2.45, 2.75) is 30.8 Å². The molecule has 1 aromatic heterocycles. The number of hydrogen-bond acceptors (Lipinski definition) is 5. The van der Waals surface area contributed by atoms with E-state index in [1.807, 2.05) is 31.2 Å². The van der Waals surface area contributed by atoms with Crippen molar-refractivity contribution in [2.75, 3.05) is 24.2 Å². The minimum Gasteiger partial charge on any atom is -0.474 e. The van der Waals surface area contributed by atoms with Gasteiger partial charge in [-0.25, -0.2) is 13.4 Å². The van der Waals surface area contributed by atoms with E-state index < -0.39 is 9.84 Å². The van der Waals surface area contributed by atoms with Gasteiger partial charge in [-0.05, 0) is 25.1 Å². The van der Waals surface area contributed by atoms with Crippen LogP contribution >= 0.6 is 0 Å². The number of sulfone groups is 1. The quantitative estimate of drug-likeness (QED) is 0.852. The SMILES string of the molecule is Cc1cccnc1OC1CCN(c2ccccc2S(C)(=O)=O)CC1. The van der Waals surface area contributed by atoms with Gasteiger partial charge in [0.1, 0.15) is 6.10 Å². The van der Waals surface area contributed by atoms with Gasteiger partial charge in [0.05, 0.1) is 10.6 Å². The average molecular weight is 346 g/mol. The zero-order chi connectivity index (χ0) is 17.2. The van der Waals surface area contributed by atoms with E-state index in [-0.39, 0.29) is 6.10 Å². The second-order valence-corrected chi connectivity index (χ2v) is 8.15. The zero-order valence-electron chi connectivity index (χ0n) is 14.0. The van der Waals surface area contributed by atoms with Crippen molar-refractivity contribution in [1.29, 1.82) is 0 Å². The number of aryl methyl sites for hydroxylation is 1. The Bertz CT molecular complexity index is 813. The van der Waals surface area contributed by atoms with Crippen LogP contribution in [-0.4, -0.2) is 38.9 Å². The van der Waals surface area contributed by atoms with Crippen LogP contribution < -0.4 is 9.64 Å². The summed E-state index contributed by atoms with van der Waals surface area (Å²) in [6.45, 7) is 3.52. The van der Waals surface area contributed by atoms with Crippen LogP contribution in [0.1, 0.15) is 18.4 Å². The second-order valence-electron chi connectivity index (χ2n) is 6.17. The van der Waals surface area contributed by atoms with E-state index in [2.05, 4.69) is 9.88 Å². The summed E-state index contributed by atoms with van der Waals surface area (Å²) in [5, 5.41) is 0. The third-order valence-corrected chi connectivity index (χ3v) is 5.43. The van der Waals surface area contributed by atoms with Crippen molar-refractivity contribution in [3.05, 3.63) is 48.2 Å². The van der Waals surface area contributed by atoms with Crippen LogP contribution in [0.4, 0.5) is 5.69 Å². The van der Waals surface area contributed by atoms with Crippen molar-refractivity contribution < 1.29 is 13.2 Å². The number of anilines is 1. The maximum Gasteiger partial charge on any atom is 0.216 e. The summed E-state index contributed by atoms with van der Waals surface area (Å²) in [5.74, 6) is 0.687. The number of pyridine rings is 1. The molecule has 24 heavy (non-hydrogen) atoms. The number of aromatic nitrogens is 1. The molecule has 0 saturated carbocycles. The monoisotopic (exact) mass is 346 g/mol. The molecule has 1 saturated heterocycles. The molecule has 2 heterocycles. The Labute approximate surface area is 143 Å². The Morgan fingerprint density at radius 1 is 1.12 bits per heavy atom. The molecular weight excluding hydrogens is 324 g/mol. The van der Waals surface area contributed by atoms with Gasteiger partial charge in [0.2, 0.25) is 5.88 Å². The molecule has 0 unspecified atom stereocenters. The Morgan fingerprint density at radius 2 is 1.83 bits per heavy atom. The maximum absolute atomic E-state index is 12.0. The maximum atomic E-state index is 12.0. The molecule has 128 valence electrons. The lowest BCUT2D eigenvalue weighted by molar-refractivity contribution is 0.162. The number of hydrogen-bond donors (Lipinski definition) is 0. The van der Waals surface area contributed by atoms with Gasteiger partial charge in [0.25, 0.3) is 0 Å². The summed E-state index contributed by atoms with van der Waals surface area (Å²) in [6.07, 6.45) is 4.79. The zero-order valence-corrected chi connectivity index (χ0v) is 14.8. The first-order valence-electron chi connectivity index (χ1n) is 8.07. The fourth-order valence-corrected chi connectivity index (χ4v) is 3.90. The molecule has 5 nitrogen and oxygen atoms in total. The third kappa shape index (κ3) is 3.70. The summed E-state index contributed by atoms with van der Waals surface area (Å²) in [7, 11) is -3.23. The van der Waals surface area contributed by atoms with Crippen LogP contribution in [0.3, 0.4) is 0 Å². The smallest absolute Gasteiger partial charge is 0.216 e. The first kappa shape index (κ1) is 16.8. The van der Waals surface area contributed by atoms with Gasteiger partial charge in [-0.15, -0.1) is 0 Å². The highest BCUT2D eigenvalue weighted by Crippen LogP contribution is 2.28. The lowest BCUT2D eigenvalue weighted by atomic mass is 10.1. The molecule has 0 atom stereocenters. The molecule has 3 rings (SSSR count). The Balaban J connectivity index is 1.69. The van der Waals surface area contributed by atoms with E-state index in [9.17, 15) is 8.42 Å². The molecule has 1 fully saturated rings. The van der Waals surface area contributed by atoms with Crippen LogP contribution in [0.2, 0.25) is 0 Å². The number of rotatable bonds is 4. The van der Waals surface area contributed by atoms with Crippen molar-refractivity contribution in [2.24, 2.45) is 0 Å². The highest BCUT2D eigenvalue weighted by molar-refractivity contribution is 7.90. The lowest BCUT2D eigenvalue weighted by Crippen LogP contribution is -2.39. The minimum absolute atomic E-state index is 0.111. The van der Waals surface area contributed by atoms with E-state index in [4.69, 9.17) is 4.74 Å². The van der Waals surface area contributed by atoms with Gasteiger partial charge in [-0.2, -0.15) is 0 Å². The van der Waals surface area contributed by atoms with Crippen LogP contribution in [-0.2, 0) is 9.84 Å². The molecule has 0 aliphatic carbocycles. The van der Waals surface area contributed by atoms with E-state index >= 15 is 0 Å². The van der Waals surface area contributed by atoms with Crippen molar-refractivity contribution in [1.82, 2.24) is 4.98 Å². The van der Waals surface area contributed by atoms with Gasteiger partial charge < -0.3 is 9.64 Å². The van der Waals surface area contributed by atoms with Gasteiger partial charge in [0, 0.05) is 43.9 Å². The number of benzene rings is 1. The first-order valence-corrected chi connectivity index (χ1v) is 9.96. The van der Waals surface area contributed by atoms with E-state index in [0.717, 1.165) is 37.2 Å². The molecule has 0 amide bonds. The molecule has 0 bridgehead atoms. The third-order valence-electron chi connectivity index (χ3n) is 4.29. The van der Waals surface area contributed by atoms with Gasteiger partial charge >= 0.3 is 0 Å². The lowest BCUT2D eigenvalue weighted by Gasteiger charge is -2.34. The molecule has 0 spiro atoms. The Hall–Kier alpha value is -2.08. The first-order chi connectivity index (χ1) is 11.4. The molecule has 1 aliphatic heterocycles. The van der Waals surface area contributed by atoms with Crippen molar-refractivity contribution in [3.8, 4) is 5.88 Å². The van der Waals surface area contributed by atoms with Gasteiger partial charge in [0.15, 0.2) is 9.84 Å². The normalized spacial score (nSPS) is 16.2. The highest BCUT2D eigenvalue weighted by atomic mass is 32.2. The number of nitrogens with zero attached hydrogens (tertiary/aromatic N) is 2. The number of piperidine rings is 1. The fraction of sp³-hybridized carbons (Fsp3) is 0.389. The largest absolute Gasteiger partial charge is 0.474 e. The molecule has 0 N–H and O–H groups in total. The summed E-state index contributed by atoms with van der Waals surface area (Å²) in [5.41, 5.74) is 1.81. The number of ether oxygens (including phenoxy) is 1. The fourth-order valence-electron chi connectivity index (χ4n) is 3.00. The summed E-state index contributed by atoms with van der Waals surface area (Å²) in [4.78, 5) is 6.80. The molecular formula is C18H22N2O3S. The predicted octanol–water partition coefficient (Wildman–Crippen LogP) is 2.84. The van der Waals surface area contributed by atoms with Crippen molar-refractivity contribution >= 4 is 15.5 Å². The van der Waals surface area contributed by atoms with Crippen LogP contribution in [0, 0.1) is 6.92 Å². The Morgan fingerprint density at radius 3 is 2.50 bits per heavy atom. The van der Waals surface area contributed by atoms with Gasteiger partial charge in [-0.1, -0.05) is 18.2 Å². The average Bonchev–Trinajstić information content (AvgIpc) is 2.57. The molecule has 0 radical (unpaired) electrons. The predicted molar refractivity (Wildman–Crippen MR) is 94.4 cm³/mol. The molecule has 1 aromatic carbocycles.